The average molecular weight is 309 g/mol. The second kappa shape index (κ2) is 6.19. The Kier molecular flexibility index (Phi) is 4.34. The number of hydrogen-bond acceptors (Lipinski definition) is 4. The van der Waals surface area contributed by atoms with Crippen molar-refractivity contribution in [1.82, 2.24) is 4.98 Å². The third-order valence-electron chi connectivity index (χ3n) is 2.60. The van der Waals surface area contributed by atoms with Crippen LogP contribution in [0.1, 0.15) is 16.1 Å². The number of nitrogens with one attached hydrogen (secondary N) is 1. The Balaban J connectivity index is 2.21. The highest BCUT2D eigenvalue weighted by molar-refractivity contribution is 6.33. The first-order chi connectivity index (χ1) is 10.0. The van der Waals surface area contributed by atoms with Crippen LogP contribution < -0.4 is 11.1 Å². The highest BCUT2D eigenvalue weighted by atomic mass is 35.5. The first kappa shape index (κ1) is 14.7. The molecule has 21 heavy (non-hydrogen) atoms. The highest BCUT2D eigenvalue weighted by Gasteiger charge is 2.13. The zero-order chi connectivity index (χ0) is 15.4. The summed E-state index contributed by atoms with van der Waals surface area (Å²) in [5.74, 6) is -1.41. The standard InChI is InChI=1S/C13H10ClFN4O2/c14-8-2-1-3-9(15)11(8)18-13(20)10-5-4-7(6-17-10)12(16)19-21/h1-6,21H,(H2,16,19)(H,18,20). The third kappa shape index (κ3) is 3.26. The van der Waals surface area contributed by atoms with E-state index in [1.807, 2.05) is 0 Å². The van der Waals surface area contributed by atoms with Gasteiger partial charge in [0.1, 0.15) is 11.5 Å². The number of halogens is 2. The van der Waals surface area contributed by atoms with E-state index >= 15 is 0 Å². The lowest BCUT2D eigenvalue weighted by molar-refractivity contribution is 0.102. The first-order valence-corrected chi connectivity index (χ1v) is 6.10. The Hall–Kier alpha value is -2.67. The van der Waals surface area contributed by atoms with E-state index in [1.54, 1.807) is 0 Å². The number of para-hydroxylation sites is 1. The topological polar surface area (TPSA) is 101 Å². The summed E-state index contributed by atoms with van der Waals surface area (Å²) in [5.41, 5.74) is 5.63. The van der Waals surface area contributed by atoms with Crippen LogP contribution in [0.2, 0.25) is 5.02 Å². The zero-order valence-corrected chi connectivity index (χ0v) is 11.3. The second-order valence-corrected chi connectivity index (χ2v) is 4.38. The number of carbonyl (C=O) groups is 1. The molecule has 0 spiro atoms. The van der Waals surface area contributed by atoms with Gasteiger partial charge in [-0.25, -0.2) is 4.39 Å². The van der Waals surface area contributed by atoms with Gasteiger partial charge in [0.05, 0.1) is 10.7 Å². The number of nitrogens with zero attached hydrogens (tertiary/aromatic N) is 2. The van der Waals surface area contributed by atoms with Crippen LogP contribution in [0.5, 0.6) is 0 Å². The number of aromatic nitrogens is 1. The SMILES string of the molecule is N/C(=N/O)c1ccc(C(=O)Nc2c(F)cccc2Cl)nc1. The summed E-state index contributed by atoms with van der Waals surface area (Å²) in [5, 5.41) is 13.8. The Bertz CT molecular complexity index is 684. The van der Waals surface area contributed by atoms with Crippen LogP contribution in [0.3, 0.4) is 0 Å². The molecule has 0 unspecified atom stereocenters. The monoisotopic (exact) mass is 308 g/mol. The average Bonchev–Trinajstić information content (AvgIpc) is 2.50. The van der Waals surface area contributed by atoms with Crippen LogP contribution in [0.25, 0.3) is 0 Å². The van der Waals surface area contributed by atoms with Crippen LogP contribution >= 0.6 is 11.6 Å². The smallest absolute Gasteiger partial charge is 0.274 e. The normalized spacial score (nSPS) is 11.2. The van der Waals surface area contributed by atoms with Gasteiger partial charge in [0.15, 0.2) is 5.84 Å². The molecule has 0 aliphatic carbocycles. The highest BCUT2D eigenvalue weighted by Crippen LogP contribution is 2.24. The lowest BCUT2D eigenvalue weighted by Gasteiger charge is -2.08. The number of anilines is 1. The predicted molar refractivity (Wildman–Crippen MR) is 76.1 cm³/mol. The van der Waals surface area contributed by atoms with Crippen molar-refractivity contribution in [3.8, 4) is 0 Å². The van der Waals surface area contributed by atoms with Crippen LogP contribution in [0.15, 0.2) is 41.7 Å². The van der Waals surface area contributed by atoms with E-state index in [4.69, 9.17) is 22.5 Å². The summed E-state index contributed by atoms with van der Waals surface area (Å²) in [7, 11) is 0. The van der Waals surface area contributed by atoms with Crippen LogP contribution in [-0.4, -0.2) is 21.9 Å². The molecule has 0 aliphatic rings. The number of nitrogens with two attached hydrogens (primary N) is 1. The Labute approximate surface area is 124 Å². The fourth-order valence-electron chi connectivity index (χ4n) is 1.53. The number of oxime groups is 1. The molecule has 8 heteroatoms. The molecule has 2 rings (SSSR count). The van der Waals surface area contributed by atoms with Crippen molar-refractivity contribution in [3.05, 3.63) is 58.6 Å². The largest absolute Gasteiger partial charge is 0.409 e. The molecule has 1 heterocycles. The van der Waals surface area contributed by atoms with Gasteiger partial charge in [0.25, 0.3) is 5.91 Å². The molecule has 0 radical (unpaired) electrons. The van der Waals surface area contributed by atoms with Crippen molar-refractivity contribution in [3.63, 3.8) is 0 Å². The maximum Gasteiger partial charge on any atom is 0.274 e. The Morgan fingerprint density at radius 1 is 1.38 bits per heavy atom. The predicted octanol–water partition coefficient (Wildman–Crippen LogP) is 2.22. The molecule has 0 saturated heterocycles. The van der Waals surface area contributed by atoms with Gasteiger partial charge < -0.3 is 16.3 Å². The fraction of sp³-hybridized carbons (Fsp3) is 0. The van der Waals surface area contributed by atoms with Gasteiger partial charge in [0.2, 0.25) is 0 Å². The molecule has 0 atom stereocenters. The molecule has 0 fully saturated rings. The molecular formula is C13H10ClFN4O2. The minimum Gasteiger partial charge on any atom is -0.409 e. The van der Waals surface area contributed by atoms with Crippen molar-refractivity contribution in [1.29, 1.82) is 0 Å². The lowest BCUT2D eigenvalue weighted by atomic mass is 10.2. The molecule has 108 valence electrons. The van der Waals surface area contributed by atoms with E-state index in [1.165, 1.54) is 36.5 Å². The molecule has 1 aromatic carbocycles. The quantitative estimate of drug-likeness (QED) is 0.350. The maximum atomic E-state index is 13.6. The third-order valence-corrected chi connectivity index (χ3v) is 2.92. The second-order valence-electron chi connectivity index (χ2n) is 3.97. The summed E-state index contributed by atoms with van der Waals surface area (Å²) in [6.45, 7) is 0. The van der Waals surface area contributed by atoms with Gasteiger partial charge in [-0.2, -0.15) is 0 Å². The Morgan fingerprint density at radius 3 is 2.71 bits per heavy atom. The molecule has 0 bridgehead atoms. The van der Waals surface area contributed by atoms with Gasteiger partial charge in [-0.15, -0.1) is 0 Å². The van der Waals surface area contributed by atoms with Crippen LogP contribution in [0, 0.1) is 5.82 Å². The van der Waals surface area contributed by atoms with Gasteiger partial charge in [-0.3, -0.25) is 9.78 Å². The fourth-order valence-corrected chi connectivity index (χ4v) is 1.74. The molecule has 1 amide bonds. The maximum absolute atomic E-state index is 13.6. The summed E-state index contributed by atoms with van der Waals surface area (Å²) in [6, 6.07) is 6.86. The number of amides is 1. The first-order valence-electron chi connectivity index (χ1n) is 5.72. The molecule has 4 N–H and O–H groups in total. The molecule has 0 aliphatic heterocycles. The number of rotatable bonds is 3. The summed E-state index contributed by atoms with van der Waals surface area (Å²) in [6.07, 6.45) is 1.26. The molecule has 1 aromatic heterocycles. The van der Waals surface area contributed by atoms with E-state index in [2.05, 4.69) is 15.5 Å². The molecular weight excluding hydrogens is 299 g/mol. The lowest BCUT2D eigenvalue weighted by Crippen LogP contribution is -2.17. The van der Waals surface area contributed by atoms with Crippen molar-refractivity contribution in [2.75, 3.05) is 5.32 Å². The van der Waals surface area contributed by atoms with Crippen molar-refractivity contribution < 1.29 is 14.4 Å². The molecule has 2 aromatic rings. The van der Waals surface area contributed by atoms with Gasteiger partial charge >= 0.3 is 0 Å². The van der Waals surface area contributed by atoms with Crippen molar-refractivity contribution in [2.24, 2.45) is 10.9 Å². The number of hydrogen-bond donors (Lipinski definition) is 3. The van der Waals surface area contributed by atoms with Gasteiger partial charge in [-0.1, -0.05) is 22.8 Å². The van der Waals surface area contributed by atoms with E-state index in [9.17, 15) is 9.18 Å². The van der Waals surface area contributed by atoms with E-state index in [0.717, 1.165) is 0 Å². The number of amidine groups is 1. The number of pyridine rings is 1. The molecule has 0 saturated carbocycles. The van der Waals surface area contributed by atoms with Crippen LogP contribution in [-0.2, 0) is 0 Å². The van der Waals surface area contributed by atoms with Crippen molar-refractivity contribution >= 4 is 29.0 Å². The van der Waals surface area contributed by atoms with E-state index in [0.29, 0.717) is 5.56 Å². The number of carbonyl (C=O) groups excluding carboxylic acids is 1. The van der Waals surface area contributed by atoms with Gasteiger partial charge in [0, 0.05) is 11.8 Å². The summed E-state index contributed by atoms with van der Waals surface area (Å²) in [4.78, 5) is 15.8. The van der Waals surface area contributed by atoms with E-state index < -0.39 is 11.7 Å². The summed E-state index contributed by atoms with van der Waals surface area (Å²) < 4.78 is 13.6. The van der Waals surface area contributed by atoms with Crippen LogP contribution in [0.4, 0.5) is 10.1 Å². The minimum absolute atomic E-state index is 0.0313. The minimum atomic E-state index is -0.649. The molecule has 6 nitrogen and oxygen atoms in total. The van der Waals surface area contributed by atoms with Gasteiger partial charge in [-0.05, 0) is 24.3 Å². The number of benzene rings is 1. The summed E-state index contributed by atoms with van der Waals surface area (Å²) >= 11 is 5.81. The van der Waals surface area contributed by atoms with Crippen molar-refractivity contribution in [2.45, 2.75) is 0 Å². The Morgan fingerprint density at radius 2 is 2.14 bits per heavy atom. The van der Waals surface area contributed by atoms with E-state index in [-0.39, 0.29) is 22.2 Å². The zero-order valence-electron chi connectivity index (χ0n) is 10.5.